The maximum atomic E-state index is 11.6. The molecule has 2 heterocycles. The Hall–Kier alpha value is -2.54. The van der Waals surface area contributed by atoms with Crippen LogP contribution in [0, 0.1) is 0 Å². The predicted molar refractivity (Wildman–Crippen MR) is 81.1 cm³/mol. The molecule has 0 aliphatic carbocycles. The third-order valence-electron chi connectivity index (χ3n) is 2.24. The first-order valence-corrected chi connectivity index (χ1v) is 6.70. The standard InChI is InChI=1S/C13H13N5OS/c1-14-6-4-8-16-12(19)18-13-17-11(9-20-13)10-5-2-3-7-15-10/h2-7,9H,1,8H2,(H2,16,17,18,19)/b6-4-. The van der Waals surface area contributed by atoms with Crippen molar-refractivity contribution in [2.24, 2.45) is 4.99 Å². The van der Waals surface area contributed by atoms with Gasteiger partial charge in [-0.05, 0) is 24.9 Å². The van der Waals surface area contributed by atoms with Crippen LogP contribution in [0.5, 0.6) is 0 Å². The van der Waals surface area contributed by atoms with E-state index in [1.54, 1.807) is 12.3 Å². The number of hydrogen-bond acceptors (Lipinski definition) is 5. The van der Waals surface area contributed by atoms with E-state index in [0.29, 0.717) is 11.7 Å². The van der Waals surface area contributed by atoms with Crippen molar-refractivity contribution in [3.8, 4) is 11.4 Å². The first kappa shape index (κ1) is 13.9. The van der Waals surface area contributed by atoms with E-state index in [4.69, 9.17) is 0 Å². The highest BCUT2D eigenvalue weighted by Gasteiger charge is 2.07. The number of rotatable bonds is 5. The van der Waals surface area contributed by atoms with Crippen molar-refractivity contribution in [3.63, 3.8) is 0 Å². The maximum Gasteiger partial charge on any atom is 0.321 e. The Bertz CT molecular complexity index is 608. The minimum Gasteiger partial charge on any atom is -0.334 e. The molecule has 0 aliphatic heterocycles. The second-order valence-electron chi connectivity index (χ2n) is 3.66. The second kappa shape index (κ2) is 7.15. The topological polar surface area (TPSA) is 79.3 Å². The van der Waals surface area contributed by atoms with Crippen LogP contribution in [-0.2, 0) is 0 Å². The third-order valence-corrected chi connectivity index (χ3v) is 3.00. The van der Waals surface area contributed by atoms with E-state index in [1.807, 2.05) is 23.6 Å². The van der Waals surface area contributed by atoms with Gasteiger partial charge in [0.1, 0.15) is 5.69 Å². The van der Waals surface area contributed by atoms with Gasteiger partial charge in [0.05, 0.1) is 5.69 Å². The predicted octanol–water partition coefficient (Wildman–Crippen LogP) is 2.54. The summed E-state index contributed by atoms with van der Waals surface area (Å²) in [6, 6.07) is 5.28. The minimum atomic E-state index is -0.319. The molecule has 2 aromatic heterocycles. The first-order valence-electron chi connectivity index (χ1n) is 5.82. The molecule has 2 rings (SSSR count). The van der Waals surface area contributed by atoms with Gasteiger partial charge in [0, 0.05) is 24.3 Å². The normalized spacial score (nSPS) is 10.4. The number of hydrogen-bond donors (Lipinski definition) is 2. The molecule has 0 aromatic carbocycles. The first-order chi connectivity index (χ1) is 9.79. The average molecular weight is 287 g/mol. The molecule has 0 aliphatic rings. The Morgan fingerprint density at radius 2 is 2.35 bits per heavy atom. The summed E-state index contributed by atoms with van der Waals surface area (Å²) >= 11 is 1.35. The third kappa shape index (κ3) is 3.99. The molecule has 0 saturated heterocycles. The summed E-state index contributed by atoms with van der Waals surface area (Å²) < 4.78 is 0. The Balaban J connectivity index is 1.91. The van der Waals surface area contributed by atoms with Crippen molar-refractivity contribution in [1.82, 2.24) is 15.3 Å². The number of anilines is 1. The van der Waals surface area contributed by atoms with Crippen molar-refractivity contribution in [2.45, 2.75) is 0 Å². The molecule has 7 heteroatoms. The van der Waals surface area contributed by atoms with Crippen LogP contribution in [0.15, 0.2) is 47.0 Å². The highest BCUT2D eigenvalue weighted by atomic mass is 32.1. The number of nitrogens with one attached hydrogen (secondary N) is 2. The van der Waals surface area contributed by atoms with Gasteiger partial charge in [-0.25, -0.2) is 9.78 Å². The SMILES string of the molecule is C=N/C=C\CNC(=O)Nc1nc(-c2ccccn2)cs1. The van der Waals surface area contributed by atoms with Gasteiger partial charge >= 0.3 is 6.03 Å². The van der Waals surface area contributed by atoms with Gasteiger partial charge in [-0.1, -0.05) is 6.07 Å². The van der Waals surface area contributed by atoms with E-state index in [0.717, 1.165) is 11.4 Å². The Morgan fingerprint density at radius 3 is 3.10 bits per heavy atom. The zero-order valence-electron chi connectivity index (χ0n) is 10.6. The number of aliphatic imine (C=N–C) groups is 1. The quantitative estimate of drug-likeness (QED) is 0.829. The van der Waals surface area contributed by atoms with Crippen LogP contribution >= 0.6 is 11.3 Å². The fourth-order valence-corrected chi connectivity index (χ4v) is 2.08. The van der Waals surface area contributed by atoms with Crippen LogP contribution in [0.3, 0.4) is 0 Å². The highest BCUT2D eigenvalue weighted by Crippen LogP contribution is 2.22. The van der Waals surface area contributed by atoms with Gasteiger partial charge in [0.2, 0.25) is 0 Å². The van der Waals surface area contributed by atoms with Crippen molar-refractivity contribution < 1.29 is 4.79 Å². The maximum absolute atomic E-state index is 11.6. The second-order valence-corrected chi connectivity index (χ2v) is 4.51. The van der Waals surface area contributed by atoms with E-state index >= 15 is 0 Å². The van der Waals surface area contributed by atoms with Gasteiger partial charge in [-0.3, -0.25) is 15.3 Å². The molecule has 0 radical (unpaired) electrons. The van der Waals surface area contributed by atoms with Gasteiger partial charge < -0.3 is 5.32 Å². The molecule has 2 N–H and O–H groups in total. The molecule has 0 atom stereocenters. The van der Waals surface area contributed by atoms with Crippen LogP contribution in [0.4, 0.5) is 9.93 Å². The molecule has 2 aromatic rings. The van der Waals surface area contributed by atoms with Crippen LogP contribution in [0.25, 0.3) is 11.4 Å². The summed E-state index contributed by atoms with van der Waals surface area (Å²) in [5, 5.41) is 7.67. The molecule has 102 valence electrons. The number of nitrogens with zero attached hydrogens (tertiary/aromatic N) is 3. The molecule has 20 heavy (non-hydrogen) atoms. The number of thiazole rings is 1. The van der Waals surface area contributed by atoms with Gasteiger partial charge in [-0.2, -0.15) is 0 Å². The Morgan fingerprint density at radius 1 is 1.45 bits per heavy atom. The number of amides is 2. The summed E-state index contributed by atoms with van der Waals surface area (Å²) in [5.74, 6) is 0. The lowest BCUT2D eigenvalue weighted by molar-refractivity contribution is 0.253. The largest absolute Gasteiger partial charge is 0.334 e. The fraction of sp³-hybridized carbons (Fsp3) is 0.0769. The van der Waals surface area contributed by atoms with Crippen molar-refractivity contribution >= 4 is 29.2 Å². The van der Waals surface area contributed by atoms with Gasteiger partial charge in [0.25, 0.3) is 0 Å². The van der Waals surface area contributed by atoms with Crippen LogP contribution in [-0.4, -0.2) is 29.3 Å². The molecule has 2 amide bonds. The Kier molecular flexibility index (Phi) is 4.96. The van der Waals surface area contributed by atoms with Crippen LogP contribution in [0.2, 0.25) is 0 Å². The lowest BCUT2D eigenvalue weighted by Gasteiger charge is -2.01. The van der Waals surface area contributed by atoms with Crippen molar-refractivity contribution in [1.29, 1.82) is 0 Å². The van der Waals surface area contributed by atoms with Crippen molar-refractivity contribution in [2.75, 3.05) is 11.9 Å². The molecule has 6 nitrogen and oxygen atoms in total. The smallest absolute Gasteiger partial charge is 0.321 e. The number of carbonyl (C=O) groups excluding carboxylic acids is 1. The molecular formula is C13H13N5OS. The molecule has 0 saturated carbocycles. The number of urea groups is 1. The summed E-state index contributed by atoms with van der Waals surface area (Å²) in [4.78, 5) is 23.6. The van der Waals surface area contributed by atoms with E-state index in [-0.39, 0.29) is 6.03 Å². The van der Waals surface area contributed by atoms with E-state index in [1.165, 1.54) is 17.5 Å². The van der Waals surface area contributed by atoms with Gasteiger partial charge in [-0.15, -0.1) is 11.3 Å². The lowest BCUT2D eigenvalue weighted by Crippen LogP contribution is -2.28. The number of pyridine rings is 1. The monoisotopic (exact) mass is 287 g/mol. The van der Waals surface area contributed by atoms with E-state index < -0.39 is 0 Å². The zero-order valence-corrected chi connectivity index (χ0v) is 11.4. The molecular weight excluding hydrogens is 274 g/mol. The number of carbonyl (C=O) groups is 1. The molecule has 0 spiro atoms. The summed E-state index contributed by atoms with van der Waals surface area (Å²) in [6.07, 6.45) is 4.91. The molecule has 0 fully saturated rings. The number of aromatic nitrogens is 2. The summed E-state index contributed by atoms with van der Waals surface area (Å²) in [5.41, 5.74) is 1.51. The average Bonchev–Trinajstić information content (AvgIpc) is 2.93. The minimum absolute atomic E-state index is 0.319. The van der Waals surface area contributed by atoms with Crippen LogP contribution in [0.1, 0.15) is 0 Å². The van der Waals surface area contributed by atoms with E-state index in [9.17, 15) is 4.79 Å². The zero-order chi connectivity index (χ0) is 14.2. The molecule has 0 unspecified atom stereocenters. The van der Waals surface area contributed by atoms with Gasteiger partial charge in [0.15, 0.2) is 5.13 Å². The van der Waals surface area contributed by atoms with Crippen LogP contribution < -0.4 is 10.6 Å². The highest BCUT2D eigenvalue weighted by molar-refractivity contribution is 7.14. The Labute approximate surface area is 120 Å². The molecule has 0 bridgehead atoms. The van der Waals surface area contributed by atoms with Crippen molar-refractivity contribution in [3.05, 3.63) is 42.1 Å². The summed E-state index contributed by atoms with van der Waals surface area (Å²) in [7, 11) is 0. The van der Waals surface area contributed by atoms with E-state index in [2.05, 4.69) is 32.3 Å². The lowest BCUT2D eigenvalue weighted by atomic mass is 10.3. The fourth-order valence-electron chi connectivity index (χ4n) is 1.38. The summed E-state index contributed by atoms with van der Waals surface area (Å²) in [6.45, 7) is 3.68.